The number of nitrogens with one attached hydrogen (secondary N) is 1. The molecule has 1 aromatic heterocycles. The van der Waals surface area contributed by atoms with Gasteiger partial charge in [0.25, 0.3) is 5.91 Å². The number of nitrogens with zero attached hydrogens (tertiary/aromatic N) is 1. The van der Waals surface area contributed by atoms with E-state index in [1.165, 1.54) is 29.0 Å². The lowest BCUT2D eigenvalue weighted by Gasteiger charge is -2.32. The Hall–Kier alpha value is -2.48. The summed E-state index contributed by atoms with van der Waals surface area (Å²) in [5.74, 6) is 0.466. The molecule has 1 amide bonds. The minimum atomic E-state index is -3.68. The molecule has 0 saturated carbocycles. The van der Waals surface area contributed by atoms with Gasteiger partial charge in [0, 0.05) is 30.1 Å². The lowest BCUT2D eigenvalue weighted by molar-refractivity contribution is 0.0690. The Balaban J connectivity index is 1.37. The van der Waals surface area contributed by atoms with E-state index in [0.29, 0.717) is 24.6 Å². The van der Waals surface area contributed by atoms with Gasteiger partial charge in [0.15, 0.2) is 0 Å². The molecule has 2 heterocycles. The fraction of sp³-hybridized carbons (Fsp3) is 0.292. The Morgan fingerprint density at radius 3 is 2.48 bits per heavy atom. The van der Waals surface area contributed by atoms with Crippen molar-refractivity contribution >= 4 is 27.3 Å². The van der Waals surface area contributed by atoms with Crippen molar-refractivity contribution in [2.45, 2.75) is 30.7 Å². The van der Waals surface area contributed by atoms with Crippen molar-refractivity contribution in [1.29, 1.82) is 0 Å². The summed E-state index contributed by atoms with van der Waals surface area (Å²) < 4.78 is 27.9. The Morgan fingerprint density at radius 2 is 1.77 bits per heavy atom. The number of sulfonamides is 1. The fourth-order valence-corrected chi connectivity index (χ4v) is 5.72. The van der Waals surface area contributed by atoms with Crippen molar-refractivity contribution in [2.24, 2.45) is 5.92 Å². The van der Waals surface area contributed by atoms with Crippen molar-refractivity contribution in [2.75, 3.05) is 13.1 Å². The molecule has 2 aromatic carbocycles. The molecule has 1 aliphatic rings. The molecule has 0 spiro atoms. The highest BCUT2D eigenvalue weighted by molar-refractivity contribution is 7.89. The summed E-state index contributed by atoms with van der Waals surface area (Å²) in [5, 5.41) is 1.91. The van der Waals surface area contributed by atoms with Crippen LogP contribution in [0.1, 0.15) is 33.6 Å². The Kier molecular flexibility index (Phi) is 6.85. The number of benzene rings is 2. The maximum absolute atomic E-state index is 13.0. The molecule has 1 saturated heterocycles. The lowest BCUT2D eigenvalue weighted by Crippen LogP contribution is -2.39. The highest BCUT2D eigenvalue weighted by atomic mass is 32.2. The van der Waals surface area contributed by atoms with Gasteiger partial charge in [-0.3, -0.25) is 4.79 Å². The molecule has 5 nitrogen and oxygen atoms in total. The monoisotopic (exact) mass is 454 g/mol. The van der Waals surface area contributed by atoms with Crippen molar-refractivity contribution in [3.05, 3.63) is 88.1 Å². The van der Waals surface area contributed by atoms with E-state index in [2.05, 4.69) is 29.0 Å². The maximum Gasteiger partial charge on any atom is 0.253 e. The van der Waals surface area contributed by atoms with Crippen LogP contribution >= 0.6 is 11.3 Å². The molecule has 7 heteroatoms. The van der Waals surface area contributed by atoms with E-state index in [4.69, 9.17) is 0 Å². The third-order valence-electron chi connectivity index (χ3n) is 5.68. The Labute approximate surface area is 187 Å². The first-order valence-electron chi connectivity index (χ1n) is 10.5. The second-order valence-electron chi connectivity index (χ2n) is 7.86. The number of carbonyl (C=O) groups is 1. The smallest absolute Gasteiger partial charge is 0.253 e. The first-order valence-corrected chi connectivity index (χ1v) is 12.8. The van der Waals surface area contributed by atoms with Gasteiger partial charge < -0.3 is 4.90 Å². The number of hydrogen-bond donors (Lipinski definition) is 1. The molecule has 0 aliphatic carbocycles. The highest BCUT2D eigenvalue weighted by Gasteiger charge is 2.25. The van der Waals surface area contributed by atoms with Crippen LogP contribution in [0.15, 0.2) is 77.0 Å². The summed E-state index contributed by atoms with van der Waals surface area (Å²) in [6.45, 7) is 1.64. The largest absolute Gasteiger partial charge is 0.339 e. The number of thiophene rings is 1. The average molecular weight is 455 g/mol. The molecule has 0 atom stereocenters. The molecule has 1 N–H and O–H groups in total. The minimum Gasteiger partial charge on any atom is -0.339 e. The van der Waals surface area contributed by atoms with Crippen molar-refractivity contribution in [3.8, 4) is 0 Å². The summed E-state index contributed by atoms with van der Waals surface area (Å²) in [7, 11) is -3.68. The zero-order valence-corrected chi connectivity index (χ0v) is 18.9. The molecule has 0 radical (unpaired) electrons. The maximum atomic E-state index is 13.0. The molecule has 31 heavy (non-hydrogen) atoms. The standard InChI is InChI=1S/C24H26N2O3S2/c27-24(26-13-11-20(12-14-26)16-19-6-2-1-3-7-19)21-8-4-10-23(17-21)31(28,29)25-18-22-9-5-15-30-22/h1-10,15,17,20,25H,11-14,16,18H2. The third-order valence-corrected chi connectivity index (χ3v) is 7.95. The number of carbonyl (C=O) groups excluding carboxylic acids is 1. The molecular formula is C24H26N2O3S2. The van der Waals surface area contributed by atoms with Crippen LogP contribution in [-0.4, -0.2) is 32.3 Å². The SMILES string of the molecule is O=C(c1cccc(S(=O)(=O)NCc2cccs2)c1)N1CCC(Cc2ccccc2)CC1. The minimum absolute atomic E-state index is 0.103. The topological polar surface area (TPSA) is 66.5 Å². The van der Waals surface area contributed by atoms with Crippen LogP contribution in [0.4, 0.5) is 0 Å². The fourth-order valence-electron chi connectivity index (χ4n) is 3.93. The van der Waals surface area contributed by atoms with E-state index in [1.54, 1.807) is 12.1 Å². The molecule has 4 rings (SSSR count). The van der Waals surface area contributed by atoms with Gasteiger partial charge >= 0.3 is 0 Å². The quantitative estimate of drug-likeness (QED) is 0.578. The number of amides is 1. The van der Waals surface area contributed by atoms with Gasteiger partial charge in [-0.05, 0) is 60.4 Å². The van der Waals surface area contributed by atoms with E-state index in [1.807, 2.05) is 28.5 Å². The second-order valence-corrected chi connectivity index (χ2v) is 10.7. The van der Waals surface area contributed by atoms with Crippen molar-refractivity contribution < 1.29 is 13.2 Å². The lowest BCUT2D eigenvalue weighted by atomic mass is 9.90. The summed E-state index contributed by atoms with van der Waals surface area (Å²) in [6, 6.07) is 20.5. The van der Waals surface area contributed by atoms with E-state index < -0.39 is 10.0 Å². The molecule has 1 fully saturated rings. The molecule has 0 unspecified atom stereocenters. The Morgan fingerprint density at radius 1 is 1.00 bits per heavy atom. The van der Waals surface area contributed by atoms with Crippen LogP contribution in [0.2, 0.25) is 0 Å². The van der Waals surface area contributed by atoms with Crippen LogP contribution in [-0.2, 0) is 23.0 Å². The number of rotatable bonds is 7. The molecule has 3 aromatic rings. The van der Waals surface area contributed by atoms with Gasteiger partial charge in [-0.15, -0.1) is 11.3 Å². The van der Waals surface area contributed by atoms with Crippen LogP contribution in [0.5, 0.6) is 0 Å². The average Bonchev–Trinajstić information content (AvgIpc) is 3.33. The van der Waals surface area contributed by atoms with Gasteiger partial charge in [0.1, 0.15) is 0 Å². The third kappa shape index (κ3) is 5.61. The predicted molar refractivity (Wildman–Crippen MR) is 124 cm³/mol. The number of hydrogen-bond acceptors (Lipinski definition) is 4. The highest BCUT2D eigenvalue weighted by Crippen LogP contribution is 2.23. The second kappa shape index (κ2) is 9.77. The van der Waals surface area contributed by atoms with Crippen LogP contribution in [0.25, 0.3) is 0 Å². The normalized spacial score (nSPS) is 15.2. The van der Waals surface area contributed by atoms with Crippen molar-refractivity contribution in [1.82, 2.24) is 9.62 Å². The summed E-state index contributed by atoms with van der Waals surface area (Å²) in [4.78, 5) is 15.9. The number of likely N-dealkylation sites (tertiary alicyclic amines) is 1. The van der Waals surface area contributed by atoms with Gasteiger partial charge in [0.05, 0.1) is 4.90 Å². The van der Waals surface area contributed by atoms with Gasteiger partial charge in [0.2, 0.25) is 10.0 Å². The van der Waals surface area contributed by atoms with Gasteiger partial charge in [-0.1, -0.05) is 42.5 Å². The number of piperidine rings is 1. The zero-order valence-electron chi connectivity index (χ0n) is 17.2. The van der Waals surface area contributed by atoms with E-state index in [9.17, 15) is 13.2 Å². The summed E-state index contributed by atoms with van der Waals surface area (Å²) in [5.41, 5.74) is 1.75. The van der Waals surface area contributed by atoms with Crippen LogP contribution in [0.3, 0.4) is 0 Å². The van der Waals surface area contributed by atoms with Gasteiger partial charge in [-0.25, -0.2) is 13.1 Å². The van der Waals surface area contributed by atoms with E-state index in [-0.39, 0.29) is 17.3 Å². The molecular weight excluding hydrogens is 428 g/mol. The van der Waals surface area contributed by atoms with E-state index >= 15 is 0 Å². The predicted octanol–water partition coefficient (Wildman–Crippen LogP) is 4.32. The molecule has 162 valence electrons. The van der Waals surface area contributed by atoms with Crippen molar-refractivity contribution in [3.63, 3.8) is 0 Å². The first kappa shape index (κ1) is 21.7. The summed E-state index contributed by atoms with van der Waals surface area (Å²) in [6.07, 6.45) is 2.95. The van der Waals surface area contributed by atoms with E-state index in [0.717, 1.165) is 24.1 Å². The van der Waals surface area contributed by atoms with Crippen LogP contribution < -0.4 is 4.72 Å². The zero-order chi connectivity index (χ0) is 21.7. The molecule has 1 aliphatic heterocycles. The molecule has 0 bridgehead atoms. The summed E-state index contributed by atoms with van der Waals surface area (Å²) >= 11 is 1.50. The first-order chi connectivity index (χ1) is 15.0. The van der Waals surface area contributed by atoms with Crippen LogP contribution in [0, 0.1) is 5.92 Å². The Bertz CT molecular complexity index is 1100. The van der Waals surface area contributed by atoms with Gasteiger partial charge in [-0.2, -0.15) is 0 Å².